The molecule has 2 fully saturated rings. The number of nitrogens with one attached hydrogen (secondary N) is 1. The summed E-state index contributed by atoms with van der Waals surface area (Å²) in [7, 11) is 2.22. The average molecular weight is 267 g/mol. The van der Waals surface area contributed by atoms with Crippen LogP contribution in [-0.2, 0) is 4.79 Å². The van der Waals surface area contributed by atoms with Gasteiger partial charge in [0.2, 0.25) is 5.91 Å². The van der Waals surface area contributed by atoms with Crippen LogP contribution in [-0.4, -0.2) is 42.0 Å². The summed E-state index contributed by atoms with van der Waals surface area (Å²) < 4.78 is 0. The summed E-state index contributed by atoms with van der Waals surface area (Å²) in [5, 5.41) is 3.21. The molecule has 110 valence electrons. The highest BCUT2D eigenvalue weighted by Gasteiger charge is 2.37. The third-order valence-electron chi connectivity index (χ3n) is 4.72. The Labute approximate surface area is 117 Å². The molecule has 0 aromatic heterocycles. The molecule has 0 aliphatic heterocycles. The van der Waals surface area contributed by atoms with Gasteiger partial charge in [-0.25, -0.2) is 0 Å². The van der Waals surface area contributed by atoms with Crippen molar-refractivity contribution >= 4 is 5.91 Å². The van der Waals surface area contributed by atoms with E-state index < -0.39 is 0 Å². The van der Waals surface area contributed by atoms with Crippen LogP contribution in [0.15, 0.2) is 0 Å². The molecule has 4 nitrogen and oxygen atoms in total. The minimum absolute atomic E-state index is 0.0242. The summed E-state index contributed by atoms with van der Waals surface area (Å²) >= 11 is 0. The van der Waals surface area contributed by atoms with Gasteiger partial charge in [-0.05, 0) is 38.6 Å². The summed E-state index contributed by atoms with van der Waals surface area (Å²) in [6.45, 7) is 4.00. The van der Waals surface area contributed by atoms with Crippen molar-refractivity contribution in [3.05, 3.63) is 0 Å². The lowest BCUT2D eigenvalue weighted by Crippen LogP contribution is -2.56. The SMILES string of the molecule is CC(C)C(N)C(=O)NC1CCCCC1N(C)C1CC1. The van der Waals surface area contributed by atoms with E-state index in [4.69, 9.17) is 5.73 Å². The van der Waals surface area contributed by atoms with Crippen molar-refractivity contribution in [2.45, 2.75) is 76.5 Å². The van der Waals surface area contributed by atoms with Crippen molar-refractivity contribution in [3.8, 4) is 0 Å². The number of hydrogen-bond donors (Lipinski definition) is 2. The molecular weight excluding hydrogens is 238 g/mol. The molecule has 0 spiro atoms. The summed E-state index contributed by atoms with van der Waals surface area (Å²) in [5.74, 6) is 0.222. The number of amides is 1. The maximum atomic E-state index is 12.2. The van der Waals surface area contributed by atoms with Crippen LogP contribution in [0.25, 0.3) is 0 Å². The Bertz CT molecular complexity index is 315. The average Bonchev–Trinajstić information content (AvgIpc) is 3.21. The minimum atomic E-state index is -0.381. The first-order chi connectivity index (χ1) is 9.00. The van der Waals surface area contributed by atoms with E-state index in [1.807, 2.05) is 13.8 Å². The first-order valence-electron chi connectivity index (χ1n) is 7.78. The molecule has 0 bridgehead atoms. The molecule has 0 heterocycles. The van der Waals surface area contributed by atoms with Crippen LogP contribution in [0.5, 0.6) is 0 Å². The van der Waals surface area contributed by atoms with Gasteiger partial charge in [0, 0.05) is 18.1 Å². The molecule has 19 heavy (non-hydrogen) atoms. The number of nitrogens with zero attached hydrogens (tertiary/aromatic N) is 1. The fourth-order valence-electron chi connectivity index (χ4n) is 3.10. The normalized spacial score (nSPS) is 29.6. The number of likely N-dealkylation sites (N-methyl/N-ethyl adjacent to an activating group) is 1. The predicted octanol–water partition coefficient (Wildman–Crippen LogP) is 1.49. The Kier molecular flexibility index (Phi) is 4.85. The predicted molar refractivity (Wildman–Crippen MR) is 77.8 cm³/mol. The maximum absolute atomic E-state index is 12.2. The molecule has 3 N–H and O–H groups in total. The molecule has 3 atom stereocenters. The van der Waals surface area contributed by atoms with Crippen LogP contribution >= 0.6 is 0 Å². The highest BCUT2D eigenvalue weighted by Crippen LogP contribution is 2.32. The van der Waals surface area contributed by atoms with E-state index in [-0.39, 0.29) is 23.9 Å². The van der Waals surface area contributed by atoms with E-state index in [0.717, 1.165) is 12.5 Å². The lowest BCUT2D eigenvalue weighted by molar-refractivity contribution is -0.124. The maximum Gasteiger partial charge on any atom is 0.237 e. The van der Waals surface area contributed by atoms with Gasteiger partial charge in [0.25, 0.3) is 0 Å². The second kappa shape index (κ2) is 6.23. The molecule has 2 rings (SSSR count). The lowest BCUT2D eigenvalue weighted by Gasteiger charge is -2.39. The van der Waals surface area contributed by atoms with Gasteiger partial charge in [0.05, 0.1) is 6.04 Å². The van der Waals surface area contributed by atoms with Gasteiger partial charge in [-0.1, -0.05) is 26.7 Å². The van der Waals surface area contributed by atoms with E-state index >= 15 is 0 Å². The Morgan fingerprint density at radius 3 is 2.42 bits per heavy atom. The van der Waals surface area contributed by atoms with E-state index in [2.05, 4.69) is 17.3 Å². The molecule has 3 unspecified atom stereocenters. The Hall–Kier alpha value is -0.610. The Morgan fingerprint density at radius 2 is 1.84 bits per heavy atom. The number of carbonyl (C=O) groups excluding carboxylic acids is 1. The highest BCUT2D eigenvalue weighted by atomic mass is 16.2. The fraction of sp³-hybridized carbons (Fsp3) is 0.933. The highest BCUT2D eigenvalue weighted by molar-refractivity contribution is 5.82. The smallest absolute Gasteiger partial charge is 0.237 e. The van der Waals surface area contributed by atoms with Gasteiger partial charge in [-0.3, -0.25) is 9.69 Å². The molecule has 0 aromatic carbocycles. The summed E-state index contributed by atoms with van der Waals surface area (Å²) in [5.41, 5.74) is 5.95. The van der Waals surface area contributed by atoms with E-state index in [1.165, 1.54) is 32.1 Å². The Balaban J connectivity index is 1.93. The monoisotopic (exact) mass is 267 g/mol. The van der Waals surface area contributed by atoms with Crippen molar-refractivity contribution < 1.29 is 4.79 Å². The van der Waals surface area contributed by atoms with E-state index in [1.54, 1.807) is 0 Å². The van der Waals surface area contributed by atoms with Crippen LogP contribution in [0.2, 0.25) is 0 Å². The first-order valence-corrected chi connectivity index (χ1v) is 7.78. The van der Waals surface area contributed by atoms with Crippen molar-refractivity contribution in [2.75, 3.05) is 7.05 Å². The van der Waals surface area contributed by atoms with Crippen molar-refractivity contribution in [3.63, 3.8) is 0 Å². The minimum Gasteiger partial charge on any atom is -0.350 e. The van der Waals surface area contributed by atoms with Crippen molar-refractivity contribution in [1.82, 2.24) is 10.2 Å². The van der Waals surface area contributed by atoms with E-state index in [0.29, 0.717) is 6.04 Å². The molecule has 0 aromatic rings. The standard InChI is InChI=1S/C15H29N3O/c1-10(2)14(16)15(19)17-12-6-4-5-7-13(12)18(3)11-8-9-11/h10-14H,4-9,16H2,1-3H3,(H,17,19). The summed E-state index contributed by atoms with van der Waals surface area (Å²) in [6.07, 6.45) is 7.44. The zero-order valence-electron chi connectivity index (χ0n) is 12.6. The van der Waals surface area contributed by atoms with Crippen LogP contribution in [0, 0.1) is 5.92 Å². The van der Waals surface area contributed by atoms with Crippen molar-refractivity contribution in [2.24, 2.45) is 11.7 Å². The van der Waals surface area contributed by atoms with E-state index in [9.17, 15) is 4.79 Å². The fourth-order valence-corrected chi connectivity index (χ4v) is 3.10. The lowest BCUT2D eigenvalue weighted by atomic mass is 9.88. The first kappa shape index (κ1) is 14.8. The third kappa shape index (κ3) is 3.69. The van der Waals surface area contributed by atoms with Gasteiger partial charge in [0.1, 0.15) is 0 Å². The topological polar surface area (TPSA) is 58.4 Å². The Morgan fingerprint density at radius 1 is 1.21 bits per heavy atom. The quantitative estimate of drug-likeness (QED) is 0.793. The number of nitrogens with two attached hydrogens (primary N) is 1. The molecule has 4 heteroatoms. The summed E-state index contributed by atoms with van der Waals surface area (Å²) in [6, 6.07) is 1.16. The second-order valence-electron chi connectivity index (χ2n) is 6.63. The molecule has 2 aliphatic carbocycles. The van der Waals surface area contributed by atoms with Gasteiger partial charge in [0.15, 0.2) is 0 Å². The second-order valence-corrected chi connectivity index (χ2v) is 6.63. The van der Waals surface area contributed by atoms with Gasteiger partial charge in [-0.15, -0.1) is 0 Å². The molecule has 1 amide bonds. The van der Waals surface area contributed by atoms with Crippen LogP contribution in [0.1, 0.15) is 52.4 Å². The number of carbonyl (C=O) groups is 1. The molecular formula is C15H29N3O. The zero-order valence-corrected chi connectivity index (χ0v) is 12.6. The van der Waals surface area contributed by atoms with Gasteiger partial charge in [-0.2, -0.15) is 0 Å². The van der Waals surface area contributed by atoms with Crippen LogP contribution in [0.4, 0.5) is 0 Å². The van der Waals surface area contributed by atoms with Crippen molar-refractivity contribution in [1.29, 1.82) is 0 Å². The molecule has 0 saturated heterocycles. The zero-order chi connectivity index (χ0) is 14.0. The van der Waals surface area contributed by atoms with Gasteiger partial charge >= 0.3 is 0 Å². The van der Waals surface area contributed by atoms with Crippen LogP contribution in [0.3, 0.4) is 0 Å². The molecule has 2 saturated carbocycles. The molecule has 2 aliphatic rings. The van der Waals surface area contributed by atoms with Crippen LogP contribution < -0.4 is 11.1 Å². The van der Waals surface area contributed by atoms with Gasteiger partial charge < -0.3 is 11.1 Å². The molecule has 0 radical (unpaired) electrons. The largest absolute Gasteiger partial charge is 0.350 e. The third-order valence-corrected chi connectivity index (χ3v) is 4.72. The number of rotatable bonds is 5. The summed E-state index contributed by atoms with van der Waals surface area (Å²) in [4.78, 5) is 14.6. The number of hydrogen-bond acceptors (Lipinski definition) is 3.